The minimum absolute atomic E-state index is 0.0676. The van der Waals surface area contributed by atoms with Gasteiger partial charge in [-0.2, -0.15) is 0 Å². The molecule has 2 aromatic carbocycles. The van der Waals surface area contributed by atoms with Crippen molar-refractivity contribution in [3.8, 4) is 5.75 Å². The zero-order chi connectivity index (χ0) is 17.8. The van der Waals surface area contributed by atoms with Crippen molar-refractivity contribution >= 4 is 23.1 Å². The lowest BCUT2D eigenvalue weighted by Crippen LogP contribution is -2.19. The van der Waals surface area contributed by atoms with Crippen LogP contribution in [-0.4, -0.2) is 31.9 Å². The van der Waals surface area contributed by atoms with Gasteiger partial charge >= 0.3 is 0 Å². The Labute approximate surface area is 147 Å². The van der Waals surface area contributed by atoms with Crippen LogP contribution in [-0.2, 0) is 0 Å². The zero-order valence-corrected chi connectivity index (χ0v) is 14.5. The summed E-state index contributed by atoms with van der Waals surface area (Å²) in [7, 11) is 1.56. The number of benzene rings is 2. The Morgan fingerprint density at radius 3 is 2.52 bits per heavy atom. The van der Waals surface area contributed by atoms with Gasteiger partial charge in [-0.1, -0.05) is 6.07 Å². The molecule has 1 heterocycles. The number of nitrogens with one attached hydrogen (secondary N) is 1. The van der Waals surface area contributed by atoms with Crippen molar-refractivity contribution < 1.29 is 14.3 Å². The van der Waals surface area contributed by atoms with Gasteiger partial charge in [-0.3, -0.25) is 9.59 Å². The Balaban J connectivity index is 1.85. The third-order valence-electron chi connectivity index (χ3n) is 4.43. The van der Waals surface area contributed by atoms with E-state index in [2.05, 4.69) is 10.2 Å². The summed E-state index contributed by atoms with van der Waals surface area (Å²) >= 11 is 0. The number of amides is 1. The molecule has 1 amide bonds. The number of methoxy groups -OCH3 is 1. The lowest BCUT2D eigenvalue weighted by atomic mass is 10.1. The third kappa shape index (κ3) is 3.82. The summed E-state index contributed by atoms with van der Waals surface area (Å²) in [6.45, 7) is 3.53. The first kappa shape index (κ1) is 17.0. The number of nitrogens with zero attached hydrogens (tertiary/aromatic N) is 1. The first-order valence-corrected chi connectivity index (χ1v) is 8.44. The number of hydrogen-bond donors (Lipinski definition) is 1. The van der Waals surface area contributed by atoms with Gasteiger partial charge in [-0.05, 0) is 56.2 Å². The zero-order valence-electron chi connectivity index (χ0n) is 14.5. The molecular weight excluding hydrogens is 316 g/mol. The van der Waals surface area contributed by atoms with Crippen molar-refractivity contribution in [2.24, 2.45) is 0 Å². The quantitative estimate of drug-likeness (QED) is 0.844. The van der Waals surface area contributed by atoms with Gasteiger partial charge in [0, 0.05) is 29.9 Å². The van der Waals surface area contributed by atoms with E-state index in [-0.39, 0.29) is 11.7 Å². The number of hydrogen-bond acceptors (Lipinski definition) is 4. The van der Waals surface area contributed by atoms with Gasteiger partial charge in [0.2, 0.25) is 0 Å². The second-order valence-electron chi connectivity index (χ2n) is 6.17. The molecule has 0 unspecified atom stereocenters. The minimum atomic E-state index is -0.268. The number of rotatable bonds is 5. The summed E-state index contributed by atoms with van der Waals surface area (Å²) in [6, 6.07) is 12.6. The summed E-state index contributed by atoms with van der Waals surface area (Å²) in [5, 5.41) is 2.84. The van der Waals surface area contributed by atoms with Crippen molar-refractivity contribution in [3.05, 3.63) is 53.6 Å². The molecule has 0 aliphatic carbocycles. The van der Waals surface area contributed by atoms with E-state index < -0.39 is 0 Å². The molecule has 5 heteroatoms. The molecular formula is C20H22N2O3. The molecule has 25 heavy (non-hydrogen) atoms. The Morgan fingerprint density at radius 1 is 1.08 bits per heavy atom. The average molecular weight is 338 g/mol. The Bertz CT molecular complexity index is 795. The van der Waals surface area contributed by atoms with Gasteiger partial charge in [-0.15, -0.1) is 0 Å². The number of carbonyl (C=O) groups excluding carboxylic acids is 2. The smallest absolute Gasteiger partial charge is 0.255 e. The highest BCUT2D eigenvalue weighted by atomic mass is 16.5. The molecule has 0 radical (unpaired) electrons. The fraction of sp³-hybridized carbons (Fsp3) is 0.300. The fourth-order valence-electron chi connectivity index (χ4n) is 3.06. The van der Waals surface area contributed by atoms with Crippen molar-refractivity contribution in [1.29, 1.82) is 0 Å². The monoisotopic (exact) mass is 338 g/mol. The molecule has 1 fully saturated rings. The first-order valence-electron chi connectivity index (χ1n) is 8.44. The molecule has 1 N–H and O–H groups in total. The van der Waals surface area contributed by atoms with Gasteiger partial charge in [0.25, 0.3) is 5.91 Å². The summed E-state index contributed by atoms with van der Waals surface area (Å²) in [5.74, 6) is 0.279. The standard InChI is InChI=1S/C20H22N2O3/c1-14(23)18-13-16(22-10-3-4-11-22)8-9-19(18)21-20(24)15-6-5-7-17(12-15)25-2/h5-9,12-13H,3-4,10-11H2,1-2H3,(H,21,24). The minimum Gasteiger partial charge on any atom is -0.497 e. The lowest BCUT2D eigenvalue weighted by Gasteiger charge is -2.19. The molecule has 0 atom stereocenters. The largest absolute Gasteiger partial charge is 0.497 e. The maximum atomic E-state index is 12.5. The molecule has 0 bridgehead atoms. The van der Waals surface area contributed by atoms with E-state index in [0.717, 1.165) is 18.8 Å². The van der Waals surface area contributed by atoms with Gasteiger partial charge in [0.15, 0.2) is 5.78 Å². The van der Waals surface area contributed by atoms with Crippen LogP contribution in [0.15, 0.2) is 42.5 Å². The lowest BCUT2D eigenvalue weighted by molar-refractivity contribution is 0.101. The van der Waals surface area contributed by atoms with Crippen LogP contribution in [0.1, 0.15) is 40.5 Å². The van der Waals surface area contributed by atoms with Gasteiger partial charge in [0.05, 0.1) is 12.8 Å². The number of ketones is 1. The van der Waals surface area contributed by atoms with Gasteiger partial charge in [0.1, 0.15) is 5.75 Å². The highest BCUT2D eigenvalue weighted by Gasteiger charge is 2.17. The molecule has 1 saturated heterocycles. The molecule has 1 aliphatic heterocycles. The number of ether oxygens (including phenoxy) is 1. The van der Waals surface area contributed by atoms with Crippen LogP contribution in [0.2, 0.25) is 0 Å². The van der Waals surface area contributed by atoms with E-state index in [1.807, 2.05) is 18.2 Å². The van der Waals surface area contributed by atoms with E-state index in [1.165, 1.54) is 19.8 Å². The van der Waals surface area contributed by atoms with Crippen molar-refractivity contribution in [1.82, 2.24) is 0 Å². The topological polar surface area (TPSA) is 58.6 Å². The molecule has 2 aromatic rings. The highest BCUT2D eigenvalue weighted by Crippen LogP contribution is 2.27. The fourth-order valence-corrected chi connectivity index (χ4v) is 3.06. The van der Waals surface area contributed by atoms with Crippen LogP contribution in [0.4, 0.5) is 11.4 Å². The molecule has 1 aliphatic rings. The van der Waals surface area contributed by atoms with Gasteiger partial charge < -0.3 is 15.0 Å². The second-order valence-corrected chi connectivity index (χ2v) is 6.17. The molecule has 0 saturated carbocycles. The number of carbonyl (C=O) groups is 2. The van der Waals surface area contributed by atoms with Crippen LogP contribution < -0.4 is 15.0 Å². The Hall–Kier alpha value is -2.82. The van der Waals surface area contributed by atoms with E-state index in [0.29, 0.717) is 22.6 Å². The van der Waals surface area contributed by atoms with E-state index in [4.69, 9.17) is 4.74 Å². The SMILES string of the molecule is COc1cccc(C(=O)Nc2ccc(N3CCCC3)cc2C(C)=O)c1. The van der Waals surface area contributed by atoms with Crippen LogP contribution >= 0.6 is 0 Å². The van der Waals surface area contributed by atoms with E-state index in [1.54, 1.807) is 31.4 Å². The van der Waals surface area contributed by atoms with E-state index >= 15 is 0 Å². The molecule has 5 nitrogen and oxygen atoms in total. The van der Waals surface area contributed by atoms with Crippen LogP contribution in [0.25, 0.3) is 0 Å². The first-order chi connectivity index (χ1) is 12.1. The maximum absolute atomic E-state index is 12.5. The summed E-state index contributed by atoms with van der Waals surface area (Å²) < 4.78 is 5.15. The number of Topliss-reactive ketones (excluding diaryl/α,β-unsaturated/α-hetero) is 1. The highest BCUT2D eigenvalue weighted by molar-refractivity contribution is 6.09. The van der Waals surface area contributed by atoms with Crippen molar-refractivity contribution in [2.75, 3.05) is 30.4 Å². The normalized spacial score (nSPS) is 13.6. The predicted octanol–water partition coefficient (Wildman–Crippen LogP) is 3.75. The van der Waals surface area contributed by atoms with Crippen molar-refractivity contribution in [2.45, 2.75) is 19.8 Å². The summed E-state index contributed by atoms with van der Waals surface area (Å²) in [5.41, 5.74) is 2.57. The number of anilines is 2. The van der Waals surface area contributed by atoms with Crippen LogP contribution in [0, 0.1) is 0 Å². The maximum Gasteiger partial charge on any atom is 0.255 e. The summed E-state index contributed by atoms with van der Waals surface area (Å²) in [4.78, 5) is 26.8. The van der Waals surface area contributed by atoms with Crippen LogP contribution in [0.3, 0.4) is 0 Å². The average Bonchev–Trinajstić information content (AvgIpc) is 3.16. The second kappa shape index (κ2) is 7.38. The Morgan fingerprint density at radius 2 is 1.84 bits per heavy atom. The van der Waals surface area contributed by atoms with Crippen molar-refractivity contribution in [3.63, 3.8) is 0 Å². The molecule has 0 spiro atoms. The predicted molar refractivity (Wildman–Crippen MR) is 98.8 cm³/mol. The summed E-state index contributed by atoms with van der Waals surface area (Å²) in [6.07, 6.45) is 2.34. The van der Waals surface area contributed by atoms with E-state index in [9.17, 15) is 9.59 Å². The molecule has 130 valence electrons. The third-order valence-corrected chi connectivity index (χ3v) is 4.43. The molecule has 0 aromatic heterocycles. The van der Waals surface area contributed by atoms with Gasteiger partial charge in [-0.25, -0.2) is 0 Å². The Kier molecular flexibility index (Phi) is 5.03. The van der Waals surface area contributed by atoms with Crippen LogP contribution in [0.5, 0.6) is 5.75 Å². The molecule has 3 rings (SSSR count).